The van der Waals surface area contributed by atoms with Crippen LogP contribution in [0.1, 0.15) is 25.1 Å². The number of aromatic nitrogens is 2. The Morgan fingerprint density at radius 3 is 2.78 bits per heavy atom. The van der Waals surface area contributed by atoms with E-state index in [2.05, 4.69) is 4.98 Å². The maximum atomic E-state index is 13.9. The highest BCUT2D eigenvalue weighted by Crippen LogP contribution is 2.33. The molecular formula is C13H13ClF2N2. The summed E-state index contributed by atoms with van der Waals surface area (Å²) in [6.45, 7) is 0.656. The van der Waals surface area contributed by atoms with Crippen LogP contribution in [0, 0.1) is 17.6 Å². The smallest absolute Gasteiger partial charge is 0.184 e. The van der Waals surface area contributed by atoms with Crippen LogP contribution in [0.3, 0.4) is 0 Å². The molecule has 2 nitrogen and oxygen atoms in total. The molecular weight excluding hydrogens is 258 g/mol. The molecule has 0 radical (unpaired) electrons. The standard InChI is InChI=1S/C13H13ClF2N2/c14-7-11-17-10-4-3-9(15)12(16)13(10)18(11)6-5-8-1-2-8/h3-4,8H,1-2,5-7H2. The summed E-state index contributed by atoms with van der Waals surface area (Å²) < 4.78 is 28.9. The number of nitrogens with zero attached hydrogens (tertiary/aromatic N) is 2. The maximum absolute atomic E-state index is 13.9. The molecule has 2 aromatic rings. The summed E-state index contributed by atoms with van der Waals surface area (Å²) in [5.41, 5.74) is 0.714. The fraction of sp³-hybridized carbons (Fsp3) is 0.462. The lowest BCUT2D eigenvalue weighted by atomic mass is 10.2. The molecule has 1 heterocycles. The van der Waals surface area contributed by atoms with Gasteiger partial charge in [-0.1, -0.05) is 12.8 Å². The lowest BCUT2D eigenvalue weighted by Gasteiger charge is -2.07. The fourth-order valence-corrected chi connectivity index (χ4v) is 2.47. The second-order valence-electron chi connectivity index (χ2n) is 4.77. The van der Waals surface area contributed by atoms with Gasteiger partial charge in [0.1, 0.15) is 11.3 Å². The van der Waals surface area contributed by atoms with Gasteiger partial charge in [0, 0.05) is 6.54 Å². The van der Waals surface area contributed by atoms with Crippen LogP contribution < -0.4 is 0 Å². The van der Waals surface area contributed by atoms with Gasteiger partial charge in [-0.25, -0.2) is 13.8 Å². The SMILES string of the molecule is Fc1ccc2nc(CCl)n(CCC3CC3)c2c1F. The molecule has 0 saturated heterocycles. The van der Waals surface area contributed by atoms with Crippen LogP contribution in [0.5, 0.6) is 0 Å². The zero-order chi connectivity index (χ0) is 12.7. The summed E-state index contributed by atoms with van der Waals surface area (Å²) in [7, 11) is 0. The van der Waals surface area contributed by atoms with E-state index in [9.17, 15) is 8.78 Å². The topological polar surface area (TPSA) is 17.8 Å². The largest absolute Gasteiger partial charge is 0.324 e. The van der Waals surface area contributed by atoms with E-state index >= 15 is 0 Å². The Hall–Kier alpha value is -1.16. The average molecular weight is 271 g/mol. The van der Waals surface area contributed by atoms with Gasteiger partial charge in [0.15, 0.2) is 11.6 Å². The van der Waals surface area contributed by atoms with Crippen molar-refractivity contribution >= 4 is 22.6 Å². The third-order valence-corrected chi connectivity index (χ3v) is 3.70. The number of fused-ring (bicyclic) bond motifs is 1. The molecule has 1 aliphatic carbocycles. The van der Waals surface area contributed by atoms with Crippen molar-refractivity contribution < 1.29 is 8.78 Å². The van der Waals surface area contributed by atoms with Gasteiger partial charge in [-0.2, -0.15) is 0 Å². The highest BCUT2D eigenvalue weighted by atomic mass is 35.5. The Morgan fingerprint density at radius 2 is 2.11 bits per heavy atom. The number of rotatable bonds is 4. The number of hydrogen-bond acceptors (Lipinski definition) is 1. The van der Waals surface area contributed by atoms with Gasteiger partial charge in [0.25, 0.3) is 0 Å². The van der Waals surface area contributed by atoms with E-state index < -0.39 is 11.6 Å². The Bertz CT molecular complexity index is 590. The van der Waals surface area contributed by atoms with E-state index in [1.54, 1.807) is 4.57 Å². The van der Waals surface area contributed by atoms with Crippen LogP contribution in [0.4, 0.5) is 8.78 Å². The molecule has 18 heavy (non-hydrogen) atoms. The molecule has 1 aliphatic rings. The average Bonchev–Trinajstić information content (AvgIpc) is 3.12. The molecule has 1 aromatic heterocycles. The maximum Gasteiger partial charge on any atom is 0.184 e. The Balaban J connectivity index is 2.08. The number of halogens is 3. The van der Waals surface area contributed by atoms with Gasteiger partial charge in [-0.05, 0) is 24.5 Å². The van der Waals surface area contributed by atoms with Gasteiger partial charge in [0.2, 0.25) is 0 Å². The van der Waals surface area contributed by atoms with Gasteiger partial charge in [-0.15, -0.1) is 11.6 Å². The number of imidazole rings is 1. The molecule has 0 amide bonds. The van der Waals surface area contributed by atoms with E-state index in [0.717, 1.165) is 18.4 Å². The minimum atomic E-state index is -0.837. The van der Waals surface area contributed by atoms with Crippen molar-refractivity contribution in [2.75, 3.05) is 0 Å². The van der Waals surface area contributed by atoms with Crippen molar-refractivity contribution in [3.05, 3.63) is 29.6 Å². The lowest BCUT2D eigenvalue weighted by Crippen LogP contribution is -2.04. The summed E-state index contributed by atoms with van der Waals surface area (Å²) in [4.78, 5) is 4.26. The third kappa shape index (κ3) is 1.99. The first-order valence-corrected chi connectivity index (χ1v) is 6.63. The number of benzene rings is 1. The molecule has 1 aromatic carbocycles. The Morgan fingerprint density at radius 1 is 1.33 bits per heavy atom. The fourth-order valence-electron chi connectivity index (χ4n) is 2.27. The molecule has 0 spiro atoms. The van der Waals surface area contributed by atoms with Crippen LogP contribution in [-0.2, 0) is 12.4 Å². The van der Waals surface area contributed by atoms with Crippen LogP contribution in [0.2, 0.25) is 0 Å². The van der Waals surface area contributed by atoms with E-state index in [-0.39, 0.29) is 11.4 Å². The predicted octanol–water partition coefficient (Wildman–Crippen LogP) is 3.85. The Kier molecular flexibility index (Phi) is 2.98. The van der Waals surface area contributed by atoms with Crippen molar-refractivity contribution in [2.45, 2.75) is 31.7 Å². The summed E-state index contributed by atoms with van der Waals surface area (Å²) in [6, 6.07) is 2.60. The highest BCUT2D eigenvalue weighted by Gasteiger charge is 2.23. The minimum absolute atomic E-state index is 0.209. The molecule has 0 N–H and O–H groups in total. The number of alkyl halides is 1. The van der Waals surface area contributed by atoms with Crippen molar-refractivity contribution in [1.82, 2.24) is 9.55 Å². The van der Waals surface area contributed by atoms with E-state index in [1.165, 1.54) is 18.9 Å². The van der Waals surface area contributed by atoms with Crippen LogP contribution in [0.25, 0.3) is 11.0 Å². The van der Waals surface area contributed by atoms with Crippen LogP contribution in [-0.4, -0.2) is 9.55 Å². The quantitative estimate of drug-likeness (QED) is 0.772. The van der Waals surface area contributed by atoms with Gasteiger partial charge in [0.05, 0.1) is 11.4 Å². The molecule has 0 bridgehead atoms. The van der Waals surface area contributed by atoms with Crippen molar-refractivity contribution in [2.24, 2.45) is 5.92 Å². The molecule has 0 unspecified atom stereocenters. The van der Waals surface area contributed by atoms with Gasteiger partial charge < -0.3 is 4.57 Å². The molecule has 0 atom stereocenters. The summed E-state index contributed by atoms with van der Waals surface area (Å²) >= 11 is 5.83. The summed E-state index contributed by atoms with van der Waals surface area (Å²) in [5.74, 6) is -0.122. The third-order valence-electron chi connectivity index (χ3n) is 3.46. The predicted molar refractivity (Wildman–Crippen MR) is 66.5 cm³/mol. The van der Waals surface area contributed by atoms with Crippen molar-refractivity contribution in [1.29, 1.82) is 0 Å². The first-order valence-electron chi connectivity index (χ1n) is 6.09. The van der Waals surface area contributed by atoms with E-state index in [4.69, 9.17) is 11.6 Å². The van der Waals surface area contributed by atoms with Crippen LogP contribution in [0.15, 0.2) is 12.1 Å². The zero-order valence-electron chi connectivity index (χ0n) is 9.80. The van der Waals surface area contributed by atoms with Crippen molar-refractivity contribution in [3.8, 4) is 0 Å². The lowest BCUT2D eigenvalue weighted by molar-refractivity contribution is 0.507. The first-order chi connectivity index (χ1) is 8.70. The van der Waals surface area contributed by atoms with Gasteiger partial charge >= 0.3 is 0 Å². The molecule has 5 heteroatoms. The molecule has 3 rings (SSSR count). The normalized spacial score (nSPS) is 15.5. The number of aryl methyl sites for hydroxylation is 1. The van der Waals surface area contributed by atoms with E-state index in [0.29, 0.717) is 17.9 Å². The second kappa shape index (κ2) is 4.50. The summed E-state index contributed by atoms with van der Waals surface area (Å²) in [6.07, 6.45) is 3.45. The molecule has 1 fully saturated rings. The highest BCUT2D eigenvalue weighted by molar-refractivity contribution is 6.16. The molecule has 1 saturated carbocycles. The minimum Gasteiger partial charge on any atom is -0.324 e. The van der Waals surface area contributed by atoms with Gasteiger partial charge in [-0.3, -0.25) is 0 Å². The number of hydrogen-bond donors (Lipinski definition) is 0. The van der Waals surface area contributed by atoms with E-state index in [1.807, 2.05) is 0 Å². The zero-order valence-corrected chi connectivity index (χ0v) is 10.6. The first kappa shape index (κ1) is 11.9. The van der Waals surface area contributed by atoms with Crippen LogP contribution >= 0.6 is 11.6 Å². The Labute approximate surface area is 109 Å². The molecule has 0 aliphatic heterocycles. The monoisotopic (exact) mass is 270 g/mol. The van der Waals surface area contributed by atoms with Crippen molar-refractivity contribution in [3.63, 3.8) is 0 Å². The second-order valence-corrected chi connectivity index (χ2v) is 5.04. The summed E-state index contributed by atoms with van der Waals surface area (Å²) in [5, 5.41) is 0. The molecule has 96 valence electrons.